The van der Waals surface area contributed by atoms with E-state index in [0.29, 0.717) is 19.6 Å². The van der Waals surface area contributed by atoms with Crippen LogP contribution in [0.15, 0.2) is 30.3 Å². The third kappa shape index (κ3) is 3.18. The number of morpholine rings is 1. The lowest BCUT2D eigenvalue weighted by atomic mass is 9.77. The number of likely N-dealkylation sites (N-methyl/N-ethyl adjacent to an activating group) is 1. The van der Waals surface area contributed by atoms with Crippen molar-refractivity contribution in [2.24, 2.45) is 0 Å². The monoisotopic (exact) mass is 302 g/mol. The summed E-state index contributed by atoms with van der Waals surface area (Å²) in [7, 11) is 2.06. The summed E-state index contributed by atoms with van der Waals surface area (Å²) in [6.45, 7) is 4.26. The van der Waals surface area contributed by atoms with Crippen molar-refractivity contribution in [2.45, 2.75) is 43.7 Å². The molecule has 1 heterocycles. The zero-order valence-electron chi connectivity index (χ0n) is 13.6. The molecular formula is C18H26N2O2. The molecule has 0 aromatic heterocycles. The Labute approximate surface area is 132 Å². The number of carbonyl (C=O) groups excluding carboxylic acids is 1. The van der Waals surface area contributed by atoms with E-state index >= 15 is 0 Å². The fourth-order valence-corrected chi connectivity index (χ4v) is 3.43. The highest BCUT2D eigenvalue weighted by Crippen LogP contribution is 2.33. The summed E-state index contributed by atoms with van der Waals surface area (Å²) < 4.78 is 6.06. The Balaban J connectivity index is 1.80. The average Bonchev–Trinajstić information content (AvgIpc) is 2.46. The fourth-order valence-electron chi connectivity index (χ4n) is 3.43. The van der Waals surface area contributed by atoms with Gasteiger partial charge < -0.3 is 15.0 Å². The van der Waals surface area contributed by atoms with Crippen LogP contribution in [0.3, 0.4) is 0 Å². The Morgan fingerprint density at radius 3 is 2.64 bits per heavy atom. The van der Waals surface area contributed by atoms with E-state index in [2.05, 4.69) is 36.3 Å². The van der Waals surface area contributed by atoms with Crippen molar-refractivity contribution in [3.8, 4) is 0 Å². The van der Waals surface area contributed by atoms with E-state index in [0.717, 1.165) is 24.9 Å². The lowest BCUT2D eigenvalue weighted by molar-refractivity contribution is -0.161. The van der Waals surface area contributed by atoms with Gasteiger partial charge in [0, 0.05) is 25.0 Å². The Kier molecular flexibility index (Phi) is 4.24. The molecule has 120 valence electrons. The summed E-state index contributed by atoms with van der Waals surface area (Å²) >= 11 is 0. The Bertz CT molecular complexity index is 527. The SMILES string of the molecule is CN1CCO[C@@](Cc2ccccc2)(C(=O)NC2(C)CCC2)C1. The summed E-state index contributed by atoms with van der Waals surface area (Å²) in [5.74, 6) is 0.0464. The highest BCUT2D eigenvalue weighted by molar-refractivity contribution is 5.86. The van der Waals surface area contributed by atoms with Gasteiger partial charge in [0.05, 0.1) is 6.61 Å². The van der Waals surface area contributed by atoms with Gasteiger partial charge in [-0.1, -0.05) is 30.3 Å². The summed E-state index contributed by atoms with van der Waals surface area (Å²) in [4.78, 5) is 15.2. The minimum absolute atomic E-state index is 0.0415. The minimum atomic E-state index is -0.771. The van der Waals surface area contributed by atoms with Gasteiger partial charge in [0.1, 0.15) is 0 Å². The van der Waals surface area contributed by atoms with Gasteiger partial charge in [0.2, 0.25) is 0 Å². The highest BCUT2D eigenvalue weighted by Gasteiger charge is 2.46. The largest absolute Gasteiger partial charge is 0.362 e. The van der Waals surface area contributed by atoms with E-state index in [-0.39, 0.29) is 11.4 Å². The van der Waals surface area contributed by atoms with E-state index in [9.17, 15) is 4.79 Å². The molecule has 4 heteroatoms. The van der Waals surface area contributed by atoms with Crippen molar-refractivity contribution >= 4 is 5.91 Å². The molecule has 1 saturated carbocycles. The number of hydrogen-bond acceptors (Lipinski definition) is 3. The predicted molar refractivity (Wildman–Crippen MR) is 86.7 cm³/mol. The molecule has 0 bridgehead atoms. The Hall–Kier alpha value is -1.39. The van der Waals surface area contributed by atoms with E-state index < -0.39 is 5.60 Å². The van der Waals surface area contributed by atoms with Gasteiger partial charge in [-0.3, -0.25) is 4.79 Å². The Morgan fingerprint density at radius 2 is 2.05 bits per heavy atom. The third-order valence-corrected chi connectivity index (χ3v) is 5.00. The molecule has 1 atom stereocenters. The van der Waals surface area contributed by atoms with Crippen molar-refractivity contribution in [3.05, 3.63) is 35.9 Å². The average molecular weight is 302 g/mol. The number of hydrogen-bond donors (Lipinski definition) is 1. The van der Waals surface area contributed by atoms with E-state index in [1.165, 1.54) is 6.42 Å². The zero-order valence-corrected chi connectivity index (χ0v) is 13.6. The van der Waals surface area contributed by atoms with Gasteiger partial charge in [-0.05, 0) is 38.8 Å². The summed E-state index contributed by atoms with van der Waals surface area (Å²) in [6, 6.07) is 10.2. The zero-order chi connectivity index (χ0) is 15.6. The molecule has 2 fully saturated rings. The molecule has 22 heavy (non-hydrogen) atoms. The van der Waals surface area contributed by atoms with E-state index in [1.807, 2.05) is 18.2 Å². The van der Waals surface area contributed by atoms with Gasteiger partial charge in [0.15, 0.2) is 5.60 Å². The third-order valence-electron chi connectivity index (χ3n) is 5.00. The van der Waals surface area contributed by atoms with Crippen molar-refractivity contribution < 1.29 is 9.53 Å². The van der Waals surface area contributed by atoms with Gasteiger partial charge >= 0.3 is 0 Å². The molecule has 1 aromatic rings. The minimum Gasteiger partial charge on any atom is -0.362 e. The number of nitrogens with zero attached hydrogens (tertiary/aromatic N) is 1. The van der Waals surface area contributed by atoms with Crippen LogP contribution < -0.4 is 5.32 Å². The molecule has 0 radical (unpaired) electrons. The topological polar surface area (TPSA) is 41.6 Å². The molecule has 1 aliphatic carbocycles. The van der Waals surface area contributed by atoms with Crippen LogP contribution in [0.25, 0.3) is 0 Å². The lowest BCUT2D eigenvalue weighted by Crippen LogP contribution is -2.64. The quantitative estimate of drug-likeness (QED) is 0.925. The van der Waals surface area contributed by atoms with Crippen LogP contribution in [0.1, 0.15) is 31.7 Å². The molecule has 2 aliphatic rings. The molecule has 0 unspecified atom stereocenters. The van der Waals surface area contributed by atoms with Crippen LogP contribution in [0.5, 0.6) is 0 Å². The van der Waals surface area contributed by atoms with Crippen molar-refractivity contribution in [2.75, 3.05) is 26.7 Å². The summed E-state index contributed by atoms with van der Waals surface area (Å²) in [5, 5.41) is 3.25. The number of nitrogens with one attached hydrogen (secondary N) is 1. The maximum absolute atomic E-state index is 13.0. The second kappa shape index (κ2) is 6.01. The molecule has 1 amide bonds. The van der Waals surface area contributed by atoms with E-state index in [1.54, 1.807) is 0 Å². The predicted octanol–water partition coefficient (Wildman–Crippen LogP) is 1.99. The molecule has 4 nitrogen and oxygen atoms in total. The number of ether oxygens (including phenoxy) is 1. The molecular weight excluding hydrogens is 276 g/mol. The number of amides is 1. The Morgan fingerprint density at radius 1 is 1.32 bits per heavy atom. The fraction of sp³-hybridized carbons (Fsp3) is 0.611. The van der Waals surface area contributed by atoms with Crippen LogP contribution in [0.2, 0.25) is 0 Å². The van der Waals surface area contributed by atoms with E-state index in [4.69, 9.17) is 4.74 Å². The standard InChI is InChI=1S/C18H26N2O2/c1-17(9-6-10-17)19-16(21)18(14-20(2)11-12-22-18)13-15-7-4-3-5-8-15/h3-5,7-8H,6,9-14H2,1-2H3,(H,19,21)/t18-/m1/s1. The molecule has 0 spiro atoms. The molecule has 1 aliphatic heterocycles. The maximum Gasteiger partial charge on any atom is 0.254 e. The lowest BCUT2D eigenvalue weighted by Gasteiger charge is -2.45. The van der Waals surface area contributed by atoms with Crippen LogP contribution in [-0.4, -0.2) is 48.7 Å². The second-order valence-corrected chi connectivity index (χ2v) is 7.11. The van der Waals surface area contributed by atoms with Crippen molar-refractivity contribution in [1.82, 2.24) is 10.2 Å². The van der Waals surface area contributed by atoms with Crippen molar-refractivity contribution in [1.29, 1.82) is 0 Å². The number of benzene rings is 1. The molecule has 1 saturated heterocycles. The molecule has 1 N–H and O–H groups in total. The number of rotatable bonds is 4. The van der Waals surface area contributed by atoms with Crippen molar-refractivity contribution in [3.63, 3.8) is 0 Å². The smallest absolute Gasteiger partial charge is 0.254 e. The highest BCUT2D eigenvalue weighted by atomic mass is 16.5. The van der Waals surface area contributed by atoms with Crippen LogP contribution in [0.4, 0.5) is 0 Å². The maximum atomic E-state index is 13.0. The normalized spacial score (nSPS) is 27.9. The van der Waals surface area contributed by atoms with Crippen LogP contribution in [0, 0.1) is 0 Å². The first-order valence-electron chi connectivity index (χ1n) is 8.21. The van der Waals surface area contributed by atoms with Gasteiger partial charge in [-0.15, -0.1) is 0 Å². The first-order chi connectivity index (χ1) is 10.5. The van der Waals surface area contributed by atoms with Gasteiger partial charge in [-0.25, -0.2) is 0 Å². The first kappa shape index (κ1) is 15.5. The van der Waals surface area contributed by atoms with Crippen LogP contribution >= 0.6 is 0 Å². The second-order valence-electron chi connectivity index (χ2n) is 7.11. The van der Waals surface area contributed by atoms with Gasteiger partial charge in [-0.2, -0.15) is 0 Å². The summed E-state index contributed by atoms with van der Waals surface area (Å²) in [6.07, 6.45) is 3.95. The number of carbonyl (C=O) groups is 1. The summed E-state index contributed by atoms with van der Waals surface area (Å²) in [5.41, 5.74) is 0.333. The molecule has 3 rings (SSSR count). The first-order valence-corrected chi connectivity index (χ1v) is 8.21. The van der Waals surface area contributed by atoms with Crippen LogP contribution in [-0.2, 0) is 16.0 Å². The van der Waals surface area contributed by atoms with Gasteiger partial charge in [0.25, 0.3) is 5.91 Å². The molecule has 1 aromatic carbocycles.